The molecule has 0 bridgehead atoms. The minimum absolute atomic E-state index is 0.0256. The Morgan fingerprint density at radius 1 is 1.30 bits per heavy atom. The van der Waals surface area contributed by atoms with Gasteiger partial charge in [0.2, 0.25) is 5.91 Å². The number of likely N-dealkylation sites (tertiary alicyclic amines) is 1. The molecule has 30 heavy (non-hydrogen) atoms. The van der Waals surface area contributed by atoms with Crippen molar-refractivity contribution >= 4 is 40.2 Å². The lowest BCUT2D eigenvalue weighted by Gasteiger charge is -2.30. The third-order valence-corrected chi connectivity index (χ3v) is 6.45. The van der Waals surface area contributed by atoms with Crippen LogP contribution in [0.15, 0.2) is 52.4 Å². The monoisotopic (exact) mass is 445 g/mol. The normalized spacial score (nSPS) is 16.8. The number of hydrogen-bond acceptors (Lipinski definition) is 4. The molecular weight excluding hydrogens is 425 g/mol. The van der Waals surface area contributed by atoms with Crippen LogP contribution in [0.5, 0.6) is 0 Å². The fraction of sp³-hybridized carbons (Fsp3) is 0.318. The fourth-order valence-corrected chi connectivity index (χ4v) is 4.78. The van der Waals surface area contributed by atoms with Crippen LogP contribution in [0.1, 0.15) is 19.8 Å². The Hall–Kier alpha value is -2.38. The molecule has 0 spiro atoms. The van der Waals surface area contributed by atoms with Crippen LogP contribution in [-0.2, 0) is 4.79 Å². The summed E-state index contributed by atoms with van der Waals surface area (Å²) in [6, 6.07) is 11.1. The van der Waals surface area contributed by atoms with E-state index in [0.29, 0.717) is 27.7 Å². The summed E-state index contributed by atoms with van der Waals surface area (Å²) in [5, 5.41) is 0.736. The van der Waals surface area contributed by atoms with E-state index in [0.717, 1.165) is 25.9 Å². The second kappa shape index (κ2) is 8.78. The van der Waals surface area contributed by atoms with Crippen LogP contribution in [0.4, 0.5) is 4.39 Å². The molecular formula is C22H21ClFN3O2S. The van der Waals surface area contributed by atoms with Crippen LogP contribution in [0, 0.1) is 11.7 Å². The molecule has 2 heterocycles. The van der Waals surface area contributed by atoms with E-state index < -0.39 is 5.82 Å². The maximum absolute atomic E-state index is 13.7. The van der Waals surface area contributed by atoms with Crippen LogP contribution >= 0.6 is 23.4 Å². The Balaban J connectivity index is 1.71. The lowest BCUT2D eigenvalue weighted by molar-refractivity contribution is -0.130. The molecule has 5 nitrogen and oxygen atoms in total. The van der Waals surface area contributed by atoms with Gasteiger partial charge in [-0.25, -0.2) is 9.37 Å². The van der Waals surface area contributed by atoms with Crippen LogP contribution in [0.2, 0.25) is 5.02 Å². The molecule has 0 aliphatic carbocycles. The van der Waals surface area contributed by atoms with Gasteiger partial charge in [0.1, 0.15) is 5.82 Å². The van der Waals surface area contributed by atoms with E-state index in [1.165, 1.54) is 34.5 Å². The topological polar surface area (TPSA) is 55.2 Å². The van der Waals surface area contributed by atoms with E-state index in [2.05, 4.69) is 11.9 Å². The number of piperidine rings is 1. The Morgan fingerprint density at radius 3 is 2.87 bits per heavy atom. The van der Waals surface area contributed by atoms with Gasteiger partial charge >= 0.3 is 0 Å². The van der Waals surface area contributed by atoms with Crippen LogP contribution in [0.3, 0.4) is 0 Å². The summed E-state index contributed by atoms with van der Waals surface area (Å²) in [5.41, 5.74) is 0.671. The summed E-state index contributed by atoms with van der Waals surface area (Å²) >= 11 is 7.16. The van der Waals surface area contributed by atoms with Crippen molar-refractivity contribution in [2.45, 2.75) is 24.9 Å². The van der Waals surface area contributed by atoms with Gasteiger partial charge in [-0.05, 0) is 49.1 Å². The Labute approximate surface area is 182 Å². The molecule has 8 heteroatoms. The van der Waals surface area contributed by atoms with Gasteiger partial charge in [0.25, 0.3) is 5.56 Å². The zero-order chi connectivity index (χ0) is 21.3. The van der Waals surface area contributed by atoms with Gasteiger partial charge in [-0.2, -0.15) is 0 Å². The first-order valence-electron chi connectivity index (χ1n) is 9.82. The highest BCUT2D eigenvalue weighted by molar-refractivity contribution is 7.99. The van der Waals surface area contributed by atoms with Crippen molar-refractivity contribution in [2.24, 2.45) is 5.92 Å². The lowest BCUT2D eigenvalue weighted by Crippen LogP contribution is -2.40. The molecule has 1 fully saturated rings. The Kier molecular flexibility index (Phi) is 6.11. The predicted molar refractivity (Wildman–Crippen MR) is 118 cm³/mol. The van der Waals surface area contributed by atoms with Gasteiger partial charge in [-0.15, -0.1) is 0 Å². The van der Waals surface area contributed by atoms with Crippen molar-refractivity contribution in [3.63, 3.8) is 0 Å². The molecule has 1 amide bonds. The minimum Gasteiger partial charge on any atom is -0.342 e. The first-order valence-corrected chi connectivity index (χ1v) is 11.2. The molecule has 156 valence electrons. The number of carbonyl (C=O) groups excluding carboxylic acids is 1. The Morgan fingerprint density at radius 2 is 2.10 bits per heavy atom. The van der Waals surface area contributed by atoms with Crippen LogP contribution in [-0.4, -0.2) is 39.2 Å². The molecule has 0 N–H and O–H groups in total. The standard InChI is InChI=1S/C22H21ClFN3O2S/c1-14-5-4-10-26(12-14)20(28)13-30-22-25-19-7-3-2-6-16(19)21(29)27(22)15-8-9-18(24)17(23)11-15/h2-3,6-9,11,14H,4-5,10,12-13H2,1H3. The molecule has 1 unspecified atom stereocenters. The maximum Gasteiger partial charge on any atom is 0.266 e. The average Bonchev–Trinajstić information content (AvgIpc) is 2.74. The lowest BCUT2D eigenvalue weighted by atomic mass is 10.0. The molecule has 1 atom stereocenters. The number of thioether (sulfide) groups is 1. The molecule has 4 rings (SSSR count). The van der Waals surface area contributed by atoms with Crippen LogP contribution < -0.4 is 5.56 Å². The Bertz CT molecular complexity index is 1170. The van der Waals surface area contributed by atoms with E-state index in [-0.39, 0.29) is 22.2 Å². The van der Waals surface area contributed by atoms with Crippen molar-refractivity contribution < 1.29 is 9.18 Å². The van der Waals surface area contributed by atoms with Crippen molar-refractivity contribution in [1.29, 1.82) is 0 Å². The van der Waals surface area contributed by atoms with Crippen molar-refractivity contribution in [1.82, 2.24) is 14.5 Å². The highest BCUT2D eigenvalue weighted by Crippen LogP contribution is 2.25. The molecule has 0 saturated carbocycles. The second-order valence-corrected chi connectivity index (χ2v) is 8.88. The summed E-state index contributed by atoms with van der Waals surface area (Å²) < 4.78 is 15.1. The molecule has 1 aliphatic rings. The maximum atomic E-state index is 13.7. The number of hydrogen-bond donors (Lipinski definition) is 0. The highest BCUT2D eigenvalue weighted by Gasteiger charge is 2.22. The van der Waals surface area contributed by atoms with Gasteiger partial charge in [0.15, 0.2) is 5.16 Å². The number of halogens is 2. The number of fused-ring (bicyclic) bond motifs is 1. The molecule has 1 saturated heterocycles. The van der Waals surface area contributed by atoms with Crippen molar-refractivity contribution in [3.05, 3.63) is 63.7 Å². The third-order valence-electron chi connectivity index (χ3n) is 5.24. The van der Waals surface area contributed by atoms with Gasteiger partial charge in [-0.1, -0.05) is 42.4 Å². The second-order valence-electron chi connectivity index (χ2n) is 7.53. The van der Waals surface area contributed by atoms with Gasteiger partial charge < -0.3 is 4.90 Å². The number of nitrogens with zero attached hydrogens (tertiary/aromatic N) is 3. The SMILES string of the molecule is CC1CCCN(C(=O)CSc2nc3ccccc3c(=O)n2-c2ccc(F)c(Cl)c2)C1. The number of aromatic nitrogens is 2. The number of carbonyl (C=O) groups is 1. The summed E-state index contributed by atoms with van der Waals surface area (Å²) in [4.78, 5) is 32.4. The number of rotatable bonds is 4. The van der Waals surface area contributed by atoms with E-state index in [9.17, 15) is 14.0 Å². The average molecular weight is 446 g/mol. The first-order chi connectivity index (χ1) is 14.4. The van der Waals surface area contributed by atoms with Gasteiger partial charge in [0.05, 0.1) is 27.4 Å². The fourth-order valence-electron chi connectivity index (χ4n) is 3.69. The van der Waals surface area contributed by atoms with Crippen LogP contribution in [0.25, 0.3) is 16.6 Å². The molecule has 1 aromatic heterocycles. The van der Waals surface area contributed by atoms with Gasteiger partial charge in [0, 0.05) is 13.1 Å². The zero-order valence-corrected chi connectivity index (χ0v) is 18.0. The predicted octanol–water partition coefficient (Wildman–Crippen LogP) is 4.53. The summed E-state index contributed by atoms with van der Waals surface area (Å²) in [6.07, 6.45) is 2.14. The summed E-state index contributed by atoms with van der Waals surface area (Å²) in [6.45, 7) is 3.66. The smallest absolute Gasteiger partial charge is 0.266 e. The summed E-state index contributed by atoms with van der Waals surface area (Å²) in [7, 11) is 0. The molecule has 0 radical (unpaired) electrons. The van der Waals surface area contributed by atoms with Crippen molar-refractivity contribution in [3.8, 4) is 5.69 Å². The minimum atomic E-state index is -0.564. The van der Waals surface area contributed by atoms with E-state index in [1.807, 2.05) is 11.0 Å². The van der Waals surface area contributed by atoms with E-state index in [4.69, 9.17) is 11.6 Å². The highest BCUT2D eigenvalue weighted by atomic mass is 35.5. The summed E-state index contributed by atoms with van der Waals surface area (Å²) in [5.74, 6) is 0.126. The first kappa shape index (κ1) is 20.9. The molecule has 3 aromatic rings. The molecule has 1 aliphatic heterocycles. The third kappa shape index (κ3) is 4.23. The van der Waals surface area contributed by atoms with Gasteiger partial charge in [-0.3, -0.25) is 14.2 Å². The zero-order valence-electron chi connectivity index (χ0n) is 16.5. The number of benzene rings is 2. The largest absolute Gasteiger partial charge is 0.342 e. The molecule has 2 aromatic carbocycles. The number of para-hydroxylation sites is 1. The quantitative estimate of drug-likeness (QED) is 0.437. The van der Waals surface area contributed by atoms with E-state index in [1.54, 1.807) is 18.2 Å². The number of amides is 1. The van der Waals surface area contributed by atoms with E-state index >= 15 is 0 Å². The van der Waals surface area contributed by atoms with Crippen molar-refractivity contribution in [2.75, 3.05) is 18.8 Å².